The van der Waals surface area contributed by atoms with Gasteiger partial charge in [0.05, 0.1) is 12.7 Å². The Kier molecular flexibility index (Phi) is 9.69. The number of nitrogens with one attached hydrogen (secondary N) is 2. The van der Waals surface area contributed by atoms with Gasteiger partial charge < -0.3 is 29.2 Å². The Morgan fingerprint density at radius 2 is 2.00 bits per heavy atom. The number of carbonyl (C=O) groups excluding carboxylic acids is 1. The first-order valence-corrected chi connectivity index (χ1v) is 13.4. The van der Waals surface area contributed by atoms with Crippen molar-refractivity contribution in [3.63, 3.8) is 0 Å². The van der Waals surface area contributed by atoms with Crippen molar-refractivity contribution in [2.45, 2.75) is 63.5 Å². The van der Waals surface area contributed by atoms with Crippen molar-refractivity contribution in [1.82, 2.24) is 14.6 Å². The number of ether oxygens (including phenoxy) is 2. The van der Waals surface area contributed by atoms with Gasteiger partial charge in [0.25, 0.3) is 5.56 Å². The molecule has 0 radical (unpaired) electrons. The lowest BCUT2D eigenvalue weighted by Gasteiger charge is -2.29. The van der Waals surface area contributed by atoms with Crippen LogP contribution in [0.1, 0.15) is 33.4 Å². The quantitative estimate of drug-likeness (QED) is 0.0938. The molecule has 0 saturated carbocycles. The van der Waals surface area contributed by atoms with Crippen molar-refractivity contribution in [1.29, 1.82) is 0 Å². The summed E-state index contributed by atoms with van der Waals surface area (Å²) in [5, 5.41) is 27.2. The summed E-state index contributed by atoms with van der Waals surface area (Å²) in [4.78, 5) is 41.8. The molecule has 4 N–H and O–H groups in total. The third-order valence-corrected chi connectivity index (χ3v) is 7.39. The van der Waals surface area contributed by atoms with Gasteiger partial charge >= 0.3 is 19.4 Å². The smallest absolute Gasteiger partial charge is 0.459 e. The average Bonchev–Trinajstić information content (AvgIpc) is 3.13. The van der Waals surface area contributed by atoms with Gasteiger partial charge in [-0.3, -0.25) is 14.1 Å². The SMILES string of the molecule is CCC(C)OC(=O)[C@@H](C)NP(=O)(OC[C@@]1(N=[N+]=[N-])O[C@@H](n2c(=O)cc[nH]c2=O)[C@H](O)[C@@H]1O)Oc1ccccc1. The molecule has 16 nitrogen and oxygen atoms in total. The van der Waals surface area contributed by atoms with E-state index in [1.807, 2.05) is 6.92 Å². The van der Waals surface area contributed by atoms with E-state index in [9.17, 15) is 29.2 Å². The number of aliphatic hydroxyl groups is 2. The summed E-state index contributed by atoms with van der Waals surface area (Å²) in [6.45, 7) is 3.83. The number of hydrogen-bond donors (Lipinski definition) is 4. The van der Waals surface area contributed by atoms with Gasteiger partial charge in [-0.1, -0.05) is 30.2 Å². The summed E-state index contributed by atoms with van der Waals surface area (Å²) >= 11 is 0. The van der Waals surface area contributed by atoms with Crippen LogP contribution in [0.3, 0.4) is 0 Å². The molecule has 0 spiro atoms. The van der Waals surface area contributed by atoms with Crippen LogP contribution in [0.15, 0.2) is 57.3 Å². The number of H-pyrrole nitrogens is 1. The molecule has 1 saturated heterocycles. The minimum Gasteiger partial charge on any atom is -0.462 e. The largest absolute Gasteiger partial charge is 0.462 e. The molecule has 7 atom stereocenters. The van der Waals surface area contributed by atoms with Crippen LogP contribution in [-0.4, -0.2) is 62.4 Å². The summed E-state index contributed by atoms with van der Waals surface area (Å²) in [7, 11) is -4.52. The van der Waals surface area contributed by atoms with Gasteiger partial charge in [0, 0.05) is 17.2 Å². The van der Waals surface area contributed by atoms with E-state index in [0.29, 0.717) is 11.0 Å². The maximum absolute atomic E-state index is 13.8. The predicted molar refractivity (Wildman–Crippen MR) is 134 cm³/mol. The standard InChI is InChI=1S/C22H29N6O10P/c1-4-13(2)36-20(32)14(3)25-39(34,38-15-8-6-5-7-9-15)35-12-22(26-27-23)18(31)17(30)19(37-22)28-16(29)10-11-24-21(28)33/h5-11,13-14,17-19,30-31H,4,12H2,1-3H3,(H,24,33)(H,25,34)/t13?,14-,17-,18+,19-,22-,39?/m1/s1. The van der Waals surface area contributed by atoms with Crippen molar-refractivity contribution in [3.8, 4) is 5.75 Å². The van der Waals surface area contributed by atoms with E-state index in [-0.39, 0.29) is 5.75 Å². The van der Waals surface area contributed by atoms with Crippen LogP contribution in [0.2, 0.25) is 0 Å². The molecule has 2 heterocycles. The monoisotopic (exact) mass is 568 g/mol. The molecule has 1 aliphatic rings. The van der Waals surface area contributed by atoms with Gasteiger partial charge in [-0.25, -0.2) is 13.9 Å². The summed E-state index contributed by atoms with van der Waals surface area (Å²) in [6.07, 6.45) is -4.63. The zero-order chi connectivity index (χ0) is 28.8. The molecule has 39 heavy (non-hydrogen) atoms. The number of para-hydroxylation sites is 1. The third kappa shape index (κ3) is 6.94. The molecule has 3 rings (SSSR count). The van der Waals surface area contributed by atoms with Gasteiger partial charge in [0.2, 0.25) is 5.72 Å². The van der Waals surface area contributed by atoms with E-state index in [1.54, 1.807) is 25.1 Å². The summed E-state index contributed by atoms with van der Waals surface area (Å²) in [6, 6.07) is 7.52. The molecular formula is C22H29N6O10P. The highest BCUT2D eigenvalue weighted by Crippen LogP contribution is 2.48. The summed E-state index contributed by atoms with van der Waals surface area (Å²) in [5.74, 6) is -0.688. The van der Waals surface area contributed by atoms with Gasteiger partial charge in [-0.15, -0.1) is 0 Å². The predicted octanol–water partition coefficient (Wildman–Crippen LogP) is 1.32. The lowest BCUT2D eigenvalue weighted by Crippen LogP contribution is -2.46. The Labute approximate surface area is 221 Å². The van der Waals surface area contributed by atoms with Crippen molar-refractivity contribution in [3.05, 3.63) is 73.9 Å². The first-order chi connectivity index (χ1) is 18.4. The third-order valence-electron chi connectivity index (χ3n) is 5.77. The first kappa shape index (κ1) is 30.1. The molecule has 17 heteroatoms. The summed E-state index contributed by atoms with van der Waals surface area (Å²) < 4.78 is 36.0. The second-order valence-electron chi connectivity index (χ2n) is 8.65. The summed E-state index contributed by atoms with van der Waals surface area (Å²) in [5.41, 5.74) is 4.83. The van der Waals surface area contributed by atoms with Gasteiger partial charge in [0.15, 0.2) is 6.23 Å². The minimum atomic E-state index is -4.52. The maximum Gasteiger partial charge on any atom is 0.459 e. The van der Waals surface area contributed by atoms with Crippen molar-refractivity contribution in [2.75, 3.05) is 6.61 Å². The van der Waals surface area contributed by atoms with E-state index in [2.05, 4.69) is 20.1 Å². The molecule has 1 aliphatic heterocycles. The fourth-order valence-corrected chi connectivity index (χ4v) is 5.03. The molecule has 2 unspecified atom stereocenters. The molecule has 0 bridgehead atoms. The molecule has 212 valence electrons. The number of aromatic amines is 1. The molecule has 0 aliphatic carbocycles. The number of azide groups is 1. The molecule has 0 amide bonds. The van der Waals surface area contributed by atoms with E-state index >= 15 is 0 Å². The second-order valence-corrected chi connectivity index (χ2v) is 10.3. The fraction of sp³-hybridized carbons (Fsp3) is 0.500. The van der Waals surface area contributed by atoms with E-state index < -0.39 is 67.9 Å². The first-order valence-electron chi connectivity index (χ1n) is 11.8. The average molecular weight is 568 g/mol. The van der Waals surface area contributed by atoms with E-state index in [4.69, 9.17) is 24.1 Å². The Bertz CT molecular complexity index is 1330. The van der Waals surface area contributed by atoms with Gasteiger partial charge in [-0.05, 0) is 37.9 Å². The normalized spacial score (nSPS) is 25.6. The van der Waals surface area contributed by atoms with Gasteiger partial charge in [-0.2, -0.15) is 5.09 Å². The van der Waals surface area contributed by atoms with Crippen LogP contribution in [0.25, 0.3) is 10.4 Å². The minimum absolute atomic E-state index is 0.0711. The number of esters is 1. The Morgan fingerprint density at radius 3 is 2.62 bits per heavy atom. The molecule has 1 aromatic carbocycles. The van der Waals surface area contributed by atoms with E-state index in [0.717, 1.165) is 12.3 Å². The number of benzene rings is 1. The maximum atomic E-state index is 13.8. The molecule has 2 aromatic rings. The van der Waals surface area contributed by atoms with Crippen LogP contribution in [0.4, 0.5) is 0 Å². The highest BCUT2D eigenvalue weighted by Gasteiger charge is 2.57. The van der Waals surface area contributed by atoms with Crippen molar-refractivity contribution < 1.29 is 38.1 Å². The van der Waals surface area contributed by atoms with Crippen molar-refractivity contribution >= 4 is 13.7 Å². The Hall–Kier alpha value is -3.49. The number of rotatable bonds is 12. The Balaban J connectivity index is 1.91. The lowest BCUT2D eigenvalue weighted by molar-refractivity contribution is -0.150. The van der Waals surface area contributed by atoms with Crippen LogP contribution < -0.4 is 20.9 Å². The number of hydrogen-bond acceptors (Lipinski definition) is 11. The second kappa shape index (κ2) is 12.6. The zero-order valence-corrected chi connectivity index (χ0v) is 22.1. The highest BCUT2D eigenvalue weighted by atomic mass is 31.2. The van der Waals surface area contributed by atoms with Crippen LogP contribution in [0.5, 0.6) is 5.75 Å². The molecule has 1 aromatic heterocycles. The lowest BCUT2D eigenvalue weighted by atomic mass is 10.1. The van der Waals surface area contributed by atoms with Crippen LogP contribution in [-0.2, 0) is 23.4 Å². The van der Waals surface area contributed by atoms with Crippen molar-refractivity contribution in [2.24, 2.45) is 5.11 Å². The van der Waals surface area contributed by atoms with Crippen LogP contribution >= 0.6 is 7.75 Å². The number of nitrogens with zero attached hydrogens (tertiary/aromatic N) is 4. The van der Waals surface area contributed by atoms with Crippen LogP contribution in [0, 0.1) is 0 Å². The zero-order valence-electron chi connectivity index (χ0n) is 21.2. The topological polar surface area (TPSA) is 227 Å². The van der Waals surface area contributed by atoms with Gasteiger partial charge in [0.1, 0.15) is 24.0 Å². The Morgan fingerprint density at radius 1 is 1.31 bits per heavy atom. The number of carbonyl (C=O) groups is 1. The molecular weight excluding hydrogens is 539 g/mol. The number of aliphatic hydroxyl groups excluding tert-OH is 2. The van der Waals surface area contributed by atoms with E-state index in [1.165, 1.54) is 19.1 Å². The highest BCUT2D eigenvalue weighted by molar-refractivity contribution is 7.52. The molecule has 1 fully saturated rings. The fourth-order valence-electron chi connectivity index (χ4n) is 3.52. The number of aromatic nitrogens is 2.